The molecule has 0 bridgehead atoms. The smallest absolute Gasteiger partial charge is 0.380 e. The van der Waals surface area contributed by atoms with Crippen LogP contribution in [0.5, 0.6) is 0 Å². The van der Waals surface area contributed by atoms with E-state index in [0.717, 1.165) is 22.7 Å². The Morgan fingerprint density at radius 1 is 0.792 bits per heavy atom. The molecule has 0 unspecified atom stereocenters. The molecular formula is C45H39F2N5Pt+2. The van der Waals surface area contributed by atoms with Crippen LogP contribution in [-0.4, -0.2) is 20.5 Å². The van der Waals surface area contributed by atoms with Crippen molar-refractivity contribution in [2.24, 2.45) is 0 Å². The van der Waals surface area contributed by atoms with Crippen molar-refractivity contribution in [3.63, 3.8) is 0 Å². The maximum atomic E-state index is 17.3. The van der Waals surface area contributed by atoms with Crippen molar-refractivity contribution >= 4 is 50.7 Å². The largest absolute Gasteiger partial charge is 2.00 e. The van der Waals surface area contributed by atoms with E-state index < -0.39 is 47.4 Å². The minimum Gasteiger partial charge on any atom is -0.380 e. The Morgan fingerprint density at radius 2 is 1.49 bits per heavy atom. The van der Waals surface area contributed by atoms with Gasteiger partial charge in [-0.05, 0) is 62.4 Å². The second-order valence-corrected chi connectivity index (χ2v) is 15.0. The van der Waals surface area contributed by atoms with Crippen molar-refractivity contribution in [3.8, 4) is 5.82 Å². The molecule has 0 radical (unpaired) electrons. The number of nitrogens with zero attached hydrogens (tertiary/aromatic N) is 5. The molecule has 8 heteroatoms. The monoisotopic (exact) mass is 889 g/mol. The van der Waals surface area contributed by atoms with Gasteiger partial charge >= 0.3 is 27.1 Å². The normalized spacial score (nSPS) is 15.3. The Balaban J connectivity index is 0.00000544. The van der Waals surface area contributed by atoms with Gasteiger partial charge < -0.3 is 9.55 Å². The van der Waals surface area contributed by atoms with Gasteiger partial charge in [-0.2, -0.15) is 6.07 Å². The molecule has 0 saturated heterocycles. The number of pyridine rings is 2. The van der Waals surface area contributed by atoms with Gasteiger partial charge in [-0.25, -0.2) is 13.8 Å². The first-order valence-corrected chi connectivity index (χ1v) is 16.9. The Labute approximate surface area is 333 Å². The zero-order valence-corrected chi connectivity index (χ0v) is 32.2. The van der Waals surface area contributed by atoms with E-state index >= 15 is 8.78 Å². The second-order valence-electron chi connectivity index (χ2n) is 15.0. The Bertz CT molecular complexity index is 2960. The third kappa shape index (κ3) is 6.37. The molecule has 0 fully saturated rings. The standard InChI is InChI=1S/C45H39F2N5.Pt/c1-29-16-18-34(19-17-29)50-28-51(39-15-11-10-14-38(39)50)35-23-31(44(5,6)7)22-32(24-35)45(46,47)33-25-40-42(49-27-33)36-12-8-9-13-37(36)52(40)41-26-30(20-21-48-41)43(2,3)4;/h8-23,26-27H,1-7H3;/q;+2/i1D3,10D,11D,14D,15D;. The van der Waals surface area contributed by atoms with Gasteiger partial charge in [-0.3, -0.25) is 0 Å². The van der Waals surface area contributed by atoms with Gasteiger partial charge in [-0.1, -0.05) is 124 Å². The van der Waals surface area contributed by atoms with E-state index in [4.69, 9.17) is 9.60 Å². The molecule has 0 N–H and O–H groups in total. The van der Waals surface area contributed by atoms with Crippen molar-refractivity contribution in [1.82, 2.24) is 23.7 Å². The third-order valence-corrected chi connectivity index (χ3v) is 9.32. The topological polar surface area (TPSA) is 36.7 Å². The summed E-state index contributed by atoms with van der Waals surface area (Å²) in [6.45, 7) is 9.51. The average Bonchev–Trinajstić information content (AvgIpc) is 3.75. The van der Waals surface area contributed by atoms with Crippen molar-refractivity contribution in [2.75, 3.05) is 0 Å². The Morgan fingerprint density at radius 3 is 2.19 bits per heavy atom. The minimum atomic E-state index is -3.72. The fraction of sp³-hybridized carbons (Fsp3) is 0.222. The number of hydrogen-bond donors (Lipinski definition) is 0. The van der Waals surface area contributed by atoms with Crippen molar-refractivity contribution in [3.05, 3.63) is 149 Å². The molecule has 7 aromatic rings. The first-order valence-electron chi connectivity index (χ1n) is 20.4. The Kier molecular flexibility index (Phi) is 7.02. The molecule has 0 atom stereocenters. The van der Waals surface area contributed by atoms with Gasteiger partial charge in [0.25, 0.3) is 17.3 Å². The number of halogens is 2. The number of hydrogen-bond acceptors (Lipinski definition) is 2. The van der Waals surface area contributed by atoms with Crippen molar-refractivity contribution in [2.45, 2.75) is 65.1 Å². The zero-order chi connectivity index (χ0) is 42.6. The molecule has 4 heterocycles. The van der Waals surface area contributed by atoms with Crippen LogP contribution in [0.15, 0.2) is 109 Å². The summed E-state index contributed by atoms with van der Waals surface area (Å²) in [5.41, 5.74) is 1.59. The van der Waals surface area contributed by atoms with Gasteiger partial charge in [0.05, 0.1) is 5.48 Å². The molecule has 266 valence electrons. The zero-order valence-electron chi connectivity index (χ0n) is 36.9. The summed E-state index contributed by atoms with van der Waals surface area (Å²) in [6, 6.07) is 27.4. The molecule has 0 saturated carbocycles. The summed E-state index contributed by atoms with van der Waals surface area (Å²) in [5, 5.41) is 0.751. The van der Waals surface area contributed by atoms with Gasteiger partial charge in [-0.15, -0.1) is 11.6 Å². The van der Waals surface area contributed by atoms with E-state index in [9.17, 15) is 0 Å². The van der Waals surface area contributed by atoms with E-state index in [1.165, 1.54) is 39.5 Å². The van der Waals surface area contributed by atoms with Crippen LogP contribution in [0.3, 0.4) is 0 Å². The summed E-state index contributed by atoms with van der Waals surface area (Å²) in [6.07, 6.45) is 2.83. The van der Waals surface area contributed by atoms with Gasteiger partial charge in [0, 0.05) is 40.0 Å². The maximum Gasteiger partial charge on any atom is 2.00 e. The van der Waals surface area contributed by atoms with Crippen LogP contribution in [-0.2, 0) is 37.8 Å². The number of fused-ring (bicyclic) bond motifs is 4. The van der Waals surface area contributed by atoms with E-state index in [0.29, 0.717) is 28.1 Å². The van der Waals surface area contributed by atoms with Gasteiger partial charge in [0.1, 0.15) is 11.5 Å². The summed E-state index contributed by atoms with van der Waals surface area (Å²) in [7, 11) is 0. The summed E-state index contributed by atoms with van der Waals surface area (Å²) < 4.78 is 97.4. The van der Waals surface area contributed by atoms with E-state index in [-0.39, 0.29) is 55.1 Å². The van der Waals surface area contributed by atoms with Crippen molar-refractivity contribution < 1.29 is 39.4 Å². The molecule has 53 heavy (non-hydrogen) atoms. The molecule has 0 spiro atoms. The number of para-hydroxylation sites is 3. The van der Waals surface area contributed by atoms with Gasteiger partial charge in [0.2, 0.25) is 5.69 Å². The van der Waals surface area contributed by atoms with Crippen LogP contribution < -0.4 is 9.15 Å². The number of aromatic nitrogens is 3. The Hall–Kier alpha value is -5.09. The summed E-state index contributed by atoms with van der Waals surface area (Å²) >= 11 is 0. The van der Waals surface area contributed by atoms with Crippen LogP contribution in [0, 0.1) is 19.0 Å². The molecule has 5 nitrogen and oxygen atoms in total. The number of rotatable bonds is 5. The molecule has 1 aliphatic heterocycles. The van der Waals surface area contributed by atoms with Crippen LogP contribution in [0.25, 0.3) is 27.8 Å². The molecule has 8 rings (SSSR count). The van der Waals surface area contributed by atoms with Crippen LogP contribution in [0.4, 0.5) is 31.5 Å². The third-order valence-electron chi connectivity index (χ3n) is 9.32. The number of aryl methyl sites for hydroxylation is 1. The predicted octanol–water partition coefficient (Wildman–Crippen LogP) is 11.1. The quantitative estimate of drug-likeness (QED) is 0.128. The number of benzene rings is 4. The van der Waals surface area contributed by atoms with Crippen LogP contribution in [0.2, 0.25) is 0 Å². The average molecular weight is 890 g/mol. The molecule has 0 aliphatic carbocycles. The van der Waals surface area contributed by atoms with Crippen molar-refractivity contribution in [1.29, 1.82) is 0 Å². The molecule has 1 aliphatic rings. The van der Waals surface area contributed by atoms with Gasteiger partial charge in [0.15, 0.2) is 0 Å². The molecule has 0 amide bonds. The van der Waals surface area contributed by atoms with Crippen LogP contribution >= 0.6 is 0 Å². The molecular weight excluding hydrogens is 844 g/mol. The summed E-state index contributed by atoms with van der Waals surface area (Å²) in [4.78, 5) is 9.25. The van der Waals surface area contributed by atoms with Crippen LogP contribution in [0.1, 0.15) is 79.0 Å². The molecule has 3 aromatic heterocycles. The fourth-order valence-electron chi connectivity index (χ4n) is 6.38. The first-order chi connectivity index (χ1) is 27.6. The second kappa shape index (κ2) is 13.1. The predicted molar refractivity (Wildman–Crippen MR) is 206 cm³/mol. The van der Waals surface area contributed by atoms with E-state index in [1.807, 2.05) is 57.2 Å². The number of alkyl halides is 2. The minimum absolute atomic E-state index is 0. The fourth-order valence-corrected chi connectivity index (χ4v) is 6.38. The summed E-state index contributed by atoms with van der Waals surface area (Å²) in [5.74, 6) is -3.19. The van der Waals surface area contributed by atoms with E-state index in [2.05, 4.69) is 48.9 Å². The van der Waals surface area contributed by atoms with E-state index in [1.54, 1.807) is 16.8 Å². The molecule has 4 aromatic carbocycles. The SMILES string of the molecule is [2H]c1c([2H])c([2H])c2c(c1[2H])[N+](c1[c-]c(C(F)(F)c3[c-]c4c(nc3)c3ccccc3n4-c3cc(C(C)(C)C)ccn3)cc(C(C)(C)C)c1)=C=[N+]2c1ccc(C([2H])([2H])[2H])cc1.[Pt+2]. The maximum absolute atomic E-state index is 17.3. The first kappa shape index (κ1) is 28.4.